The van der Waals surface area contributed by atoms with Crippen LogP contribution in [-0.2, 0) is 14.6 Å². The van der Waals surface area contributed by atoms with Gasteiger partial charge in [0.15, 0.2) is 20.7 Å². The zero-order valence-electron chi connectivity index (χ0n) is 16.0. The van der Waals surface area contributed by atoms with E-state index in [0.717, 1.165) is 12.5 Å². The number of rotatable bonds is 5. The molecule has 29 heavy (non-hydrogen) atoms. The molecule has 0 bridgehead atoms. The number of sulfone groups is 1. The van der Waals surface area contributed by atoms with Crippen LogP contribution in [0.4, 0.5) is 17.5 Å². The van der Waals surface area contributed by atoms with Crippen molar-refractivity contribution in [2.75, 3.05) is 36.2 Å². The second kappa shape index (κ2) is 7.41. The summed E-state index contributed by atoms with van der Waals surface area (Å²) < 4.78 is 30.5. The lowest BCUT2D eigenvalue weighted by Gasteiger charge is -2.35. The Morgan fingerprint density at radius 1 is 1.41 bits per heavy atom. The van der Waals surface area contributed by atoms with Gasteiger partial charge in [0.25, 0.3) is 0 Å². The number of hydrogen-bond acceptors (Lipinski definition) is 9. The molecule has 4 rings (SSSR count). The van der Waals surface area contributed by atoms with Gasteiger partial charge in [-0.05, 0) is 13.0 Å². The summed E-state index contributed by atoms with van der Waals surface area (Å²) in [6, 6.07) is 3.51. The highest BCUT2D eigenvalue weighted by molar-refractivity contribution is 7.90. The van der Waals surface area contributed by atoms with Crippen molar-refractivity contribution < 1.29 is 13.2 Å². The van der Waals surface area contributed by atoms with E-state index in [4.69, 9.17) is 15.1 Å². The molecular formula is C18H21N7O3S. The molecule has 1 atom stereocenters. The number of anilines is 3. The van der Waals surface area contributed by atoms with Crippen LogP contribution in [0.2, 0.25) is 0 Å². The maximum Gasteiger partial charge on any atom is 0.193 e. The first kappa shape index (κ1) is 19.3. The number of hydrogen-bond donors (Lipinski definition) is 3. The van der Waals surface area contributed by atoms with E-state index < -0.39 is 9.84 Å². The number of ether oxygens (including phenoxy) is 1. The summed E-state index contributed by atoms with van der Waals surface area (Å²) in [5.74, 6) is 1.46. The number of nitrogens with one attached hydrogen (secondary N) is 3. The Morgan fingerprint density at radius 2 is 2.24 bits per heavy atom. The highest BCUT2D eigenvalue weighted by Crippen LogP contribution is 2.36. The van der Waals surface area contributed by atoms with Crippen LogP contribution in [0.15, 0.2) is 29.6 Å². The van der Waals surface area contributed by atoms with Crippen molar-refractivity contribution in [3.8, 4) is 0 Å². The van der Waals surface area contributed by atoms with E-state index in [2.05, 4.69) is 25.4 Å². The van der Waals surface area contributed by atoms with Gasteiger partial charge < -0.3 is 20.4 Å². The Morgan fingerprint density at radius 3 is 2.90 bits per heavy atom. The molecule has 152 valence electrons. The van der Waals surface area contributed by atoms with Crippen LogP contribution >= 0.6 is 0 Å². The first-order chi connectivity index (χ1) is 13.9. The number of pyridine rings is 2. The average Bonchev–Trinajstić information content (AvgIpc) is 3.20. The van der Waals surface area contributed by atoms with E-state index in [-0.39, 0.29) is 11.1 Å². The fourth-order valence-electron chi connectivity index (χ4n) is 3.46. The van der Waals surface area contributed by atoms with Crippen molar-refractivity contribution in [1.29, 1.82) is 5.41 Å². The van der Waals surface area contributed by atoms with Gasteiger partial charge in [0.2, 0.25) is 0 Å². The van der Waals surface area contributed by atoms with Crippen LogP contribution < -0.4 is 10.2 Å². The average molecular weight is 415 g/mol. The van der Waals surface area contributed by atoms with Crippen molar-refractivity contribution in [2.45, 2.75) is 18.0 Å². The van der Waals surface area contributed by atoms with Crippen LogP contribution in [0.25, 0.3) is 10.8 Å². The van der Waals surface area contributed by atoms with Gasteiger partial charge in [0, 0.05) is 53.8 Å². The van der Waals surface area contributed by atoms with Gasteiger partial charge in [-0.25, -0.2) is 18.4 Å². The fourth-order valence-corrected chi connectivity index (χ4v) is 4.31. The lowest BCUT2D eigenvalue weighted by Crippen LogP contribution is -2.44. The summed E-state index contributed by atoms with van der Waals surface area (Å²) in [7, 11) is -3.64. The Kier molecular flexibility index (Phi) is 4.92. The van der Waals surface area contributed by atoms with Gasteiger partial charge in [0.1, 0.15) is 11.6 Å². The maximum atomic E-state index is 12.5. The number of aromatic nitrogens is 4. The first-order valence-corrected chi connectivity index (χ1v) is 10.9. The SMILES string of the molecule is C[C@@H]1COCCN1c1nc(Nc2cc[nH]n2)c(C=N)c2c(S(C)(=O)=O)nccc12. The molecule has 1 saturated heterocycles. The van der Waals surface area contributed by atoms with Crippen LogP contribution in [0.1, 0.15) is 12.5 Å². The second-order valence-corrected chi connectivity index (χ2v) is 8.79. The third kappa shape index (κ3) is 3.54. The van der Waals surface area contributed by atoms with Gasteiger partial charge in [-0.2, -0.15) is 5.10 Å². The second-order valence-electron chi connectivity index (χ2n) is 6.85. The normalized spacial score (nSPS) is 17.4. The molecule has 11 heteroatoms. The minimum absolute atomic E-state index is 0.0540. The Balaban J connectivity index is 2.05. The van der Waals surface area contributed by atoms with E-state index in [0.29, 0.717) is 53.5 Å². The van der Waals surface area contributed by atoms with Crippen LogP contribution in [0, 0.1) is 5.41 Å². The van der Waals surface area contributed by atoms with E-state index in [1.54, 1.807) is 18.3 Å². The Bertz CT molecular complexity index is 1160. The van der Waals surface area contributed by atoms with Crippen molar-refractivity contribution in [3.05, 3.63) is 30.1 Å². The number of morpholine rings is 1. The van der Waals surface area contributed by atoms with E-state index in [1.165, 1.54) is 6.20 Å². The van der Waals surface area contributed by atoms with Crippen molar-refractivity contribution in [2.24, 2.45) is 0 Å². The zero-order chi connectivity index (χ0) is 20.6. The topological polar surface area (TPSA) is 137 Å². The molecule has 1 aliphatic rings. The van der Waals surface area contributed by atoms with Crippen molar-refractivity contribution in [1.82, 2.24) is 20.2 Å². The molecule has 0 radical (unpaired) electrons. The molecule has 0 aromatic carbocycles. The molecule has 4 heterocycles. The van der Waals surface area contributed by atoms with Gasteiger partial charge in [-0.1, -0.05) is 0 Å². The first-order valence-electron chi connectivity index (χ1n) is 9.04. The third-order valence-corrected chi connectivity index (χ3v) is 5.79. The standard InChI is InChI=1S/C18H21N7O3S/c1-11-10-28-8-7-25(11)17-12-3-5-20-18(29(2,26)27)15(12)13(9-19)16(23-17)22-14-4-6-21-24-14/h3-6,9,11,19H,7-8,10H2,1-2H3,(H2,21,22,23,24)/t11-/m1/s1. The van der Waals surface area contributed by atoms with Crippen molar-refractivity contribution in [3.63, 3.8) is 0 Å². The summed E-state index contributed by atoms with van der Waals surface area (Å²) in [6.45, 7) is 3.73. The lowest BCUT2D eigenvalue weighted by molar-refractivity contribution is 0.0987. The molecule has 0 spiro atoms. The van der Waals surface area contributed by atoms with Gasteiger partial charge in [-0.3, -0.25) is 5.10 Å². The summed E-state index contributed by atoms with van der Waals surface area (Å²) in [5.41, 5.74) is 0.334. The molecule has 10 nitrogen and oxygen atoms in total. The van der Waals surface area contributed by atoms with E-state index in [9.17, 15) is 8.42 Å². The Labute approximate surface area is 167 Å². The van der Waals surface area contributed by atoms with E-state index >= 15 is 0 Å². The zero-order valence-corrected chi connectivity index (χ0v) is 16.8. The summed E-state index contributed by atoms with van der Waals surface area (Å²) >= 11 is 0. The highest BCUT2D eigenvalue weighted by Gasteiger charge is 2.27. The van der Waals surface area contributed by atoms with Gasteiger partial charge in [-0.15, -0.1) is 0 Å². The number of H-pyrrole nitrogens is 1. The largest absolute Gasteiger partial charge is 0.377 e. The third-order valence-electron chi connectivity index (χ3n) is 4.78. The fraction of sp³-hybridized carbons (Fsp3) is 0.333. The highest BCUT2D eigenvalue weighted by atomic mass is 32.2. The molecule has 1 aliphatic heterocycles. The number of nitrogens with zero attached hydrogens (tertiary/aromatic N) is 4. The molecule has 1 fully saturated rings. The van der Waals surface area contributed by atoms with Crippen LogP contribution in [0.3, 0.4) is 0 Å². The predicted octanol–water partition coefficient (Wildman–Crippen LogP) is 1.72. The molecule has 3 aromatic heterocycles. The van der Waals surface area contributed by atoms with Crippen LogP contribution in [-0.4, -0.2) is 66.9 Å². The molecule has 0 aliphatic carbocycles. The number of fused-ring (bicyclic) bond motifs is 1. The summed E-state index contributed by atoms with van der Waals surface area (Å²) in [6.07, 6.45) is 5.32. The lowest BCUT2D eigenvalue weighted by atomic mass is 10.1. The van der Waals surface area contributed by atoms with Crippen molar-refractivity contribution >= 4 is 44.3 Å². The van der Waals surface area contributed by atoms with Gasteiger partial charge >= 0.3 is 0 Å². The Hall–Kier alpha value is -3.05. The smallest absolute Gasteiger partial charge is 0.193 e. The van der Waals surface area contributed by atoms with Gasteiger partial charge in [0.05, 0.1) is 19.3 Å². The molecular weight excluding hydrogens is 394 g/mol. The monoisotopic (exact) mass is 415 g/mol. The van der Waals surface area contributed by atoms with Crippen LogP contribution in [0.5, 0.6) is 0 Å². The minimum Gasteiger partial charge on any atom is -0.377 e. The van der Waals surface area contributed by atoms with E-state index in [1.807, 2.05) is 6.92 Å². The molecule has 0 saturated carbocycles. The quantitative estimate of drug-likeness (QED) is 0.536. The maximum absolute atomic E-state index is 12.5. The molecule has 3 aromatic rings. The summed E-state index contributed by atoms with van der Waals surface area (Å²) in [4.78, 5) is 11.0. The molecule has 3 N–H and O–H groups in total. The number of aromatic amines is 1. The molecule has 0 unspecified atom stereocenters. The predicted molar refractivity (Wildman–Crippen MR) is 110 cm³/mol. The minimum atomic E-state index is -3.64. The molecule has 0 amide bonds. The summed E-state index contributed by atoms with van der Waals surface area (Å²) in [5, 5.41) is 18.7.